The lowest BCUT2D eigenvalue weighted by molar-refractivity contribution is -0.118. The predicted octanol–water partition coefficient (Wildman–Crippen LogP) is 3.82. The lowest BCUT2D eigenvalue weighted by Gasteiger charge is -2.25. The van der Waals surface area contributed by atoms with Gasteiger partial charge in [0.15, 0.2) is 0 Å². The minimum atomic E-state index is 0.0131. The number of thioether (sulfide) groups is 1. The van der Waals surface area contributed by atoms with E-state index in [1.807, 2.05) is 32.3 Å². The SMILES string of the molecule is Cc1sc2ncnc(SCC(=O)NC[C@@H](c3ccccc3)N(C)C)c2c1C. The smallest absolute Gasteiger partial charge is 0.230 e. The fourth-order valence-electron chi connectivity index (χ4n) is 2.93. The van der Waals surface area contributed by atoms with E-state index in [0.29, 0.717) is 12.3 Å². The van der Waals surface area contributed by atoms with Crippen molar-refractivity contribution >= 4 is 39.2 Å². The molecule has 1 atom stereocenters. The van der Waals surface area contributed by atoms with Crippen molar-refractivity contribution in [1.29, 1.82) is 0 Å². The van der Waals surface area contributed by atoms with Crippen molar-refractivity contribution in [2.45, 2.75) is 24.9 Å². The van der Waals surface area contributed by atoms with Crippen LogP contribution in [0.2, 0.25) is 0 Å². The largest absolute Gasteiger partial charge is 0.353 e. The number of carbonyl (C=O) groups excluding carboxylic acids is 1. The Kier molecular flexibility index (Phi) is 6.46. The molecule has 3 aromatic rings. The molecule has 2 heterocycles. The van der Waals surface area contributed by atoms with E-state index in [1.54, 1.807) is 17.7 Å². The molecule has 7 heteroatoms. The lowest BCUT2D eigenvalue weighted by Crippen LogP contribution is -2.35. The summed E-state index contributed by atoms with van der Waals surface area (Å²) in [7, 11) is 4.05. The van der Waals surface area contributed by atoms with Gasteiger partial charge in [-0.3, -0.25) is 4.79 Å². The van der Waals surface area contributed by atoms with Crippen LogP contribution in [0.15, 0.2) is 41.7 Å². The Hall–Kier alpha value is -1.96. The third-order valence-electron chi connectivity index (χ3n) is 4.57. The first-order chi connectivity index (χ1) is 13.0. The van der Waals surface area contributed by atoms with Crippen molar-refractivity contribution < 1.29 is 4.79 Å². The monoisotopic (exact) mass is 400 g/mol. The number of thiophene rings is 1. The van der Waals surface area contributed by atoms with E-state index in [9.17, 15) is 4.79 Å². The summed E-state index contributed by atoms with van der Waals surface area (Å²) in [5.41, 5.74) is 2.40. The molecule has 1 amide bonds. The van der Waals surface area contributed by atoms with Crippen LogP contribution in [-0.2, 0) is 4.79 Å². The minimum Gasteiger partial charge on any atom is -0.353 e. The van der Waals surface area contributed by atoms with Crippen LogP contribution in [0.1, 0.15) is 22.0 Å². The highest BCUT2D eigenvalue weighted by Crippen LogP contribution is 2.34. The van der Waals surface area contributed by atoms with Crippen LogP contribution < -0.4 is 5.32 Å². The van der Waals surface area contributed by atoms with E-state index in [1.165, 1.54) is 27.8 Å². The topological polar surface area (TPSA) is 58.1 Å². The van der Waals surface area contributed by atoms with Crippen LogP contribution in [0.4, 0.5) is 0 Å². The lowest BCUT2D eigenvalue weighted by atomic mass is 10.1. The summed E-state index contributed by atoms with van der Waals surface area (Å²) >= 11 is 3.14. The molecule has 1 aromatic carbocycles. The van der Waals surface area contributed by atoms with Gasteiger partial charge < -0.3 is 10.2 Å². The zero-order valence-corrected chi connectivity index (χ0v) is 17.7. The first-order valence-corrected chi connectivity index (χ1v) is 10.6. The normalized spacial score (nSPS) is 12.5. The quantitative estimate of drug-likeness (QED) is 0.483. The molecule has 0 bridgehead atoms. The molecule has 1 N–H and O–H groups in total. The van der Waals surface area contributed by atoms with Gasteiger partial charge in [0.05, 0.1) is 11.8 Å². The number of nitrogens with one attached hydrogen (secondary N) is 1. The molecule has 3 rings (SSSR count). The average molecular weight is 401 g/mol. The molecule has 0 aliphatic carbocycles. The maximum absolute atomic E-state index is 12.4. The number of fused-ring (bicyclic) bond motifs is 1. The van der Waals surface area contributed by atoms with Crippen LogP contribution in [-0.4, -0.2) is 47.2 Å². The molecule has 5 nitrogen and oxygen atoms in total. The van der Waals surface area contributed by atoms with Crippen molar-refractivity contribution in [3.05, 3.63) is 52.7 Å². The number of amides is 1. The van der Waals surface area contributed by atoms with Crippen LogP contribution in [0.3, 0.4) is 0 Å². The number of rotatable bonds is 7. The number of hydrogen-bond donors (Lipinski definition) is 1. The first kappa shape index (κ1) is 19.8. The summed E-state index contributed by atoms with van der Waals surface area (Å²) in [6.45, 7) is 4.75. The van der Waals surface area contributed by atoms with E-state index < -0.39 is 0 Å². The van der Waals surface area contributed by atoms with Gasteiger partial charge >= 0.3 is 0 Å². The first-order valence-electron chi connectivity index (χ1n) is 8.79. The Bertz CT molecular complexity index is 924. The molecule has 27 heavy (non-hydrogen) atoms. The van der Waals surface area contributed by atoms with Crippen LogP contribution >= 0.6 is 23.1 Å². The zero-order chi connectivity index (χ0) is 19.4. The van der Waals surface area contributed by atoms with Gasteiger partial charge in [-0.2, -0.15) is 0 Å². The molecular formula is C20H24N4OS2. The fourth-order valence-corrected chi connectivity index (χ4v) is 4.88. The second-order valence-electron chi connectivity index (χ2n) is 6.63. The predicted molar refractivity (Wildman–Crippen MR) is 113 cm³/mol. The summed E-state index contributed by atoms with van der Waals surface area (Å²) in [6, 6.07) is 10.4. The molecule has 2 aromatic heterocycles. The van der Waals surface area contributed by atoms with Crippen LogP contribution in [0.5, 0.6) is 0 Å². The molecule has 0 saturated carbocycles. The van der Waals surface area contributed by atoms with Crippen molar-refractivity contribution in [3.63, 3.8) is 0 Å². The maximum Gasteiger partial charge on any atom is 0.230 e. The van der Waals surface area contributed by atoms with Crippen molar-refractivity contribution in [2.75, 3.05) is 26.4 Å². The Balaban J connectivity index is 1.62. The highest BCUT2D eigenvalue weighted by molar-refractivity contribution is 8.00. The molecule has 0 saturated heterocycles. The van der Waals surface area contributed by atoms with Gasteiger partial charge in [-0.05, 0) is 39.1 Å². The van der Waals surface area contributed by atoms with E-state index in [-0.39, 0.29) is 11.9 Å². The molecule has 0 aliphatic rings. The number of aryl methyl sites for hydroxylation is 2. The van der Waals surface area contributed by atoms with E-state index in [4.69, 9.17) is 0 Å². The summed E-state index contributed by atoms with van der Waals surface area (Å²) in [5, 5.41) is 5.01. The van der Waals surface area contributed by atoms with Gasteiger partial charge in [0.1, 0.15) is 16.2 Å². The third kappa shape index (κ3) is 4.66. The van der Waals surface area contributed by atoms with E-state index in [2.05, 4.69) is 46.2 Å². The molecular weight excluding hydrogens is 376 g/mol. The maximum atomic E-state index is 12.4. The van der Waals surface area contributed by atoms with Gasteiger partial charge in [-0.15, -0.1) is 11.3 Å². The number of aromatic nitrogens is 2. The Labute approximate surface area is 168 Å². The second-order valence-corrected chi connectivity index (χ2v) is 8.79. The van der Waals surface area contributed by atoms with Gasteiger partial charge in [-0.1, -0.05) is 42.1 Å². The van der Waals surface area contributed by atoms with E-state index in [0.717, 1.165) is 15.2 Å². The fraction of sp³-hybridized carbons (Fsp3) is 0.350. The summed E-state index contributed by atoms with van der Waals surface area (Å²) < 4.78 is 0. The number of likely N-dealkylation sites (N-methyl/N-ethyl adjacent to an activating group) is 1. The van der Waals surface area contributed by atoms with Crippen molar-refractivity contribution in [2.24, 2.45) is 0 Å². The van der Waals surface area contributed by atoms with Gasteiger partial charge in [0.25, 0.3) is 0 Å². The number of carbonyl (C=O) groups is 1. The summed E-state index contributed by atoms with van der Waals surface area (Å²) in [5.74, 6) is 0.356. The van der Waals surface area contributed by atoms with Crippen molar-refractivity contribution in [1.82, 2.24) is 20.2 Å². The number of benzene rings is 1. The number of nitrogens with zero attached hydrogens (tertiary/aromatic N) is 3. The van der Waals surface area contributed by atoms with Gasteiger partial charge in [-0.25, -0.2) is 9.97 Å². The Morgan fingerprint density at radius 1 is 1.22 bits per heavy atom. The summed E-state index contributed by atoms with van der Waals surface area (Å²) in [6.07, 6.45) is 1.58. The van der Waals surface area contributed by atoms with Crippen molar-refractivity contribution in [3.8, 4) is 0 Å². The molecule has 0 radical (unpaired) electrons. The Morgan fingerprint density at radius 2 is 1.96 bits per heavy atom. The highest BCUT2D eigenvalue weighted by atomic mass is 32.2. The third-order valence-corrected chi connectivity index (χ3v) is 6.68. The zero-order valence-electron chi connectivity index (χ0n) is 16.0. The molecule has 142 valence electrons. The second kappa shape index (κ2) is 8.82. The Morgan fingerprint density at radius 3 is 2.67 bits per heavy atom. The summed E-state index contributed by atoms with van der Waals surface area (Å²) in [4.78, 5) is 25.5. The van der Waals surface area contributed by atoms with E-state index >= 15 is 0 Å². The van der Waals surface area contributed by atoms with Crippen LogP contribution in [0, 0.1) is 13.8 Å². The van der Waals surface area contributed by atoms with Crippen LogP contribution in [0.25, 0.3) is 10.2 Å². The molecule has 0 fully saturated rings. The number of hydrogen-bond acceptors (Lipinski definition) is 6. The van der Waals surface area contributed by atoms with Gasteiger partial charge in [0.2, 0.25) is 5.91 Å². The molecule has 0 aliphatic heterocycles. The molecule has 0 spiro atoms. The average Bonchev–Trinajstić information content (AvgIpc) is 2.95. The van der Waals surface area contributed by atoms with Gasteiger partial charge in [0, 0.05) is 16.8 Å². The highest BCUT2D eigenvalue weighted by Gasteiger charge is 2.16. The minimum absolute atomic E-state index is 0.0131. The molecule has 0 unspecified atom stereocenters. The standard InChI is InChI=1S/C20H24N4OS2/c1-13-14(2)27-20-18(13)19(22-12-23-20)26-11-17(25)21-10-16(24(3)4)15-8-6-5-7-9-15/h5-9,12,16H,10-11H2,1-4H3,(H,21,25)/t16-/m0/s1.